The lowest BCUT2D eigenvalue weighted by molar-refractivity contribution is -0.120. The van der Waals surface area contributed by atoms with E-state index in [9.17, 15) is 4.79 Å². The van der Waals surface area contributed by atoms with Crippen molar-refractivity contribution in [2.24, 2.45) is 0 Å². The molecule has 2 heterocycles. The number of fused-ring (bicyclic) bond motifs is 1. The molecule has 0 aliphatic carbocycles. The molecule has 1 amide bonds. The van der Waals surface area contributed by atoms with Gasteiger partial charge in [-0.05, 0) is 31.0 Å². The molecule has 0 radical (unpaired) electrons. The van der Waals surface area contributed by atoms with E-state index in [1.54, 1.807) is 11.3 Å². The quantitative estimate of drug-likeness (QED) is 0.904. The lowest BCUT2D eigenvalue weighted by Crippen LogP contribution is -2.48. The van der Waals surface area contributed by atoms with Gasteiger partial charge < -0.3 is 10.2 Å². The fraction of sp³-hybridized carbons (Fsp3) is 0.556. The van der Waals surface area contributed by atoms with Crippen LogP contribution in [0.4, 0.5) is 5.13 Å². The topological polar surface area (TPSA) is 48.5 Å². The summed E-state index contributed by atoms with van der Waals surface area (Å²) in [6, 6.07) is 4.37. The molecule has 130 valence electrons. The molecule has 1 aromatic carbocycles. The number of aromatic nitrogens is 1. The Balaban J connectivity index is 1.57. The van der Waals surface area contributed by atoms with E-state index in [-0.39, 0.29) is 5.91 Å². The molecule has 1 aliphatic heterocycles. The van der Waals surface area contributed by atoms with Gasteiger partial charge in [0.15, 0.2) is 5.13 Å². The van der Waals surface area contributed by atoms with Crippen molar-refractivity contribution in [2.45, 2.75) is 27.2 Å². The minimum atomic E-state index is 0.133. The molecular formula is C18H26N4OS. The summed E-state index contributed by atoms with van der Waals surface area (Å²) in [5, 5.41) is 4.08. The Labute approximate surface area is 147 Å². The van der Waals surface area contributed by atoms with Crippen LogP contribution >= 0.6 is 11.3 Å². The third kappa shape index (κ3) is 3.70. The van der Waals surface area contributed by atoms with Crippen LogP contribution in [0.25, 0.3) is 10.2 Å². The predicted octanol–water partition coefficient (Wildman–Crippen LogP) is 2.56. The third-order valence-electron chi connectivity index (χ3n) is 4.79. The fourth-order valence-electron chi connectivity index (χ4n) is 2.99. The van der Waals surface area contributed by atoms with Crippen LogP contribution in [0, 0.1) is 13.8 Å². The first-order valence-electron chi connectivity index (χ1n) is 8.69. The van der Waals surface area contributed by atoms with E-state index in [1.165, 1.54) is 15.8 Å². The second-order valence-corrected chi connectivity index (χ2v) is 7.39. The molecule has 0 spiro atoms. The summed E-state index contributed by atoms with van der Waals surface area (Å²) in [5.74, 6) is 0.133. The Morgan fingerprint density at radius 2 is 2.00 bits per heavy atom. The first kappa shape index (κ1) is 17.2. The van der Waals surface area contributed by atoms with Crippen LogP contribution < -0.4 is 10.2 Å². The molecule has 0 unspecified atom stereocenters. The maximum Gasteiger partial charge on any atom is 0.219 e. The standard InChI is InChI=1S/C18H26N4OS/c1-4-16(23)19-7-8-21-9-11-22(12-10-21)18-20-17-14(3)13(2)5-6-15(17)24-18/h5-6H,4,7-12H2,1-3H3,(H,19,23). The molecule has 1 saturated heterocycles. The molecule has 6 heteroatoms. The Morgan fingerprint density at radius 1 is 1.25 bits per heavy atom. The van der Waals surface area contributed by atoms with Gasteiger partial charge in [0.1, 0.15) is 0 Å². The first-order chi connectivity index (χ1) is 11.6. The van der Waals surface area contributed by atoms with Crippen molar-refractivity contribution >= 4 is 32.6 Å². The molecule has 2 aromatic rings. The molecule has 0 bridgehead atoms. The zero-order valence-corrected chi connectivity index (χ0v) is 15.6. The number of piperazine rings is 1. The Bertz CT molecular complexity index is 719. The van der Waals surface area contributed by atoms with Crippen LogP contribution in [0.3, 0.4) is 0 Å². The number of aryl methyl sites for hydroxylation is 2. The highest BCUT2D eigenvalue weighted by Crippen LogP contribution is 2.32. The van der Waals surface area contributed by atoms with Crippen molar-refractivity contribution in [3.63, 3.8) is 0 Å². The van der Waals surface area contributed by atoms with Crippen molar-refractivity contribution in [2.75, 3.05) is 44.2 Å². The van der Waals surface area contributed by atoms with Crippen molar-refractivity contribution in [3.05, 3.63) is 23.3 Å². The van der Waals surface area contributed by atoms with Crippen molar-refractivity contribution in [1.29, 1.82) is 0 Å². The maximum absolute atomic E-state index is 11.3. The average molecular weight is 347 g/mol. The summed E-state index contributed by atoms with van der Waals surface area (Å²) in [5.41, 5.74) is 3.75. The summed E-state index contributed by atoms with van der Waals surface area (Å²) in [6.45, 7) is 11.9. The van der Waals surface area contributed by atoms with Crippen LogP contribution in [0.5, 0.6) is 0 Å². The highest BCUT2D eigenvalue weighted by atomic mass is 32.1. The molecule has 0 atom stereocenters. The van der Waals surface area contributed by atoms with Gasteiger partial charge in [0, 0.05) is 45.7 Å². The van der Waals surface area contributed by atoms with Gasteiger partial charge in [-0.25, -0.2) is 4.98 Å². The zero-order chi connectivity index (χ0) is 17.1. The molecule has 24 heavy (non-hydrogen) atoms. The number of amides is 1. The van der Waals surface area contributed by atoms with Gasteiger partial charge in [0.25, 0.3) is 0 Å². The number of rotatable bonds is 5. The molecule has 1 fully saturated rings. The second-order valence-electron chi connectivity index (χ2n) is 6.38. The number of nitrogens with zero attached hydrogens (tertiary/aromatic N) is 3. The van der Waals surface area contributed by atoms with E-state index in [0.29, 0.717) is 6.42 Å². The summed E-state index contributed by atoms with van der Waals surface area (Å²) in [6.07, 6.45) is 0.560. The average Bonchev–Trinajstić information content (AvgIpc) is 3.03. The fourth-order valence-corrected chi connectivity index (χ4v) is 4.07. The monoisotopic (exact) mass is 346 g/mol. The lowest BCUT2D eigenvalue weighted by Gasteiger charge is -2.34. The minimum absolute atomic E-state index is 0.133. The van der Waals surface area contributed by atoms with Crippen LogP contribution in [0.15, 0.2) is 12.1 Å². The number of anilines is 1. The Morgan fingerprint density at radius 3 is 2.71 bits per heavy atom. The maximum atomic E-state index is 11.3. The van der Waals surface area contributed by atoms with Crippen molar-refractivity contribution < 1.29 is 4.79 Å². The normalized spacial score (nSPS) is 15.9. The van der Waals surface area contributed by atoms with Gasteiger partial charge in [0.05, 0.1) is 10.2 Å². The minimum Gasteiger partial charge on any atom is -0.355 e. The highest BCUT2D eigenvalue weighted by Gasteiger charge is 2.20. The van der Waals surface area contributed by atoms with E-state index < -0.39 is 0 Å². The van der Waals surface area contributed by atoms with Gasteiger partial charge in [-0.3, -0.25) is 9.69 Å². The van der Waals surface area contributed by atoms with Crippen molar-refractivity contribution in [3.8, 4) is 0 Å². The van der Waals surface area contributed by atoms with Gasteiger partial charge >= 0.3 is 0 Å². The summed E-state index contributed by atoms with van der Waals surface area (Å²) < 4.78 is 1.28. The predicted molar refractivity (Wildman–Crippen MR) is 101 cm³/mol. The summed E-state index contributed by atoms with van der Waals surface area (Å²) in [4.78, 5) is 21.0. The summed E-state index contributed by atoms with van der Waals surface area (Å²) in [7, 11) is 0. The largest absolute Gasteiger partial charge is 0.355 e. The number of benzene rings is 1. The van der Waals surface area contributed by atoms with E-state index in [0.717, 1.165) is 49.9 Å². The zero-order valence-electron chi connectivity index (χ0n) is 14.8. The molecule has 1 aliphatic rings. The number of thiazole rings is 1. The second kappa shape index (κ2) is 7.49. The number of nitrogens with one attached hydrogen (secondary N) is 1. The van der Waals surface area contributed by atoms with Gasteiger partial charge in [-0.15, -0.1) is 0 Å². The molecule has 3 rings (SSSR count). The highest BCUT2D eigenvalue weighted by molar-refractivity contribution is 7.22. The van der Waals surface area contributed by atoms with Gasteiger partial charge in [0.2, 0.25) is 5.91 Å². The van der Waals surface area contributed by atoms with E-state index in [2.05, 4.69) is 41.1 Å². The Kier molecular flexibility index (Phi) is 5.36. The SMILES string of the molecule is CCC(=O)NCCN1CCN(c2nc3c(C)c(C)ccc3s2)CC1. The number of hydrogen-bond donors (Lipinski definition) is 1. The van der Waals surface area contributed by atoms with Crippen LogP contribution in [0.2, 0.25) is 0 Å². The molecule has 0 saturated carbocycles. The van der Waals surface area contributed by atoms with Crippen LogP contribution in [-0.4, -0.2) is 55.1 Å². The molecule has 1 aromatic heterocycles. The molecule has 5 nitrogen and oxygen atoms in total. The van der Waals surface area contributed by atoms with Crippen LogP contribution in [0.1, 0.15) is 24.5 Å². The summed E-state index contributed by atoms with van der Waals surface area (Å²) >= 11 is 1.79. The number of carbonyl (C=O) groups excluding carboxylic acids is 1. The van der Waals surface area contributed by atoms with E-state index in [4.69, 9.17) is 4.98 Å². The van der Waals surface area contributed by atoms with E-state index in [1.807, 2.05) is 6.92 Å². The molecular weight excluding hydrogens is 320 g/mol. The lowest BCUT2D eigenvalue weighted by atomic mass is 10.1. The molecule has 1 N–H and O–H groups in total. The van der Waals surface area contributed by atoms with Crippen molar-refractivity contribution in [1.82, 2.24) is 15.2 Å². The van der Waals surface area contributed by atoms with Gasteiger partial charge in [-0.2, -0.15) is 0 Å². The number of hydrogen-bond acceptors (Lipinski definition) is 5. The number of carbonyl (C=O) groups is 1. The third-order valence-corrected chi connectivity index (χ3v) is 5.87. The van der Waals surface area contributed by atoms with E-state index >= 15 is 0 Å². The first-order valence-corrected chi connectivity index (χ1v) is 9.51. The van der Waals surface area contributed by atoms with Crippen LogP contribution in [-0.2, 0) is 4.79 Å². The Hall–Kier alpha value is -1.66. The smallest absolute Gasteiger partial charge is 0.219 e. The van der Waals surface area contributed by atoms with Gasteiger partial charge in [-0.1, -0.05) is 24.3 Å².